The second-order valence-corrected chi connectivity index (χ2v) is 5.11. The van der Waals surface area contributed by atoms with Crippen LogP contribution in [0.3, 0.4) is 0 Å². The molecule has 2 amide bonds. The Morgan fingerprint density at radius 2 is 1.95 bits per heavy atom. The van der Waals surface area contributed by atoms with Gasteiger partial charge >= 0.3 is 12.0 Å². The summed E-state index contributed by atoms with van der Waals surface area (Å²) < 4.78 is 0. The zero-order valence-electron chi connectivity index (χ0n) is 12.7. The molecule has 0 radical (unpaired) electrons. The van der Waals surface area contributed by atoms with Crippen molar-refractivity contribution < 1.29 is 14.7 Å². The van der Waals surface area contributed by atoms with Crippen LogP contribution in [0.25, 0.3) is 0 Å². The Morgan fingerprint density at radius 3 is 2.52 bits per heavy atom. The van der Waals surface area contributed by atoms with E-state index in [1.54, 1.807) is 11.8 Å². The molecule has 0 spiro atoms. The fourth-order valence-corrected chi connectivity index (χ4v) is 1.97. The summed E-state index contributed by atoms with van der Waals surface area (Å²) >= 11 is 0. The molecule has 1 rings (SSSR count). The van der Waals surface area contributed by atoms with Gasteiger partial charge in [0.2, 0.25) is 0 Å². The molecule has 116 valence electrons. The van der Waals surface area contributed by atoms with Gasteiger partial charge in [0.05, 0.1) is 5.92 Å². The fourth-order valence-electron chi connectivity index (χ4n) is 1.97. The number of urea groups is 1. The van der Waals surface area contributed by atoms with E-state index in [1.165, 1.54) is 0 Å². The first-order chi connectivity index (χ1) is 10.0. The first-order valence-electron chi connectivity index (χ1n) is 7.34. The van der Waals surface area contributed by atoms with E-state index < -0.39 is 5.97 Å². The average Bonchev–Trinajstić information content (AvgIpc) is 2.49. The third-order valence-corrected chi connectivity index (χ3v) is 3.40. The zero-order chi connectivity index (χ0) is 15.7. The quantitative estimate of drug-likeness (QED) is 0.724. The Kier molecular flexibility index (Phi) is 7.29. The number of carbonyl (C=O) groups is 2. The molecule has 0 saturated heterocycles. The molecule has 5 nitrogen and oxygen atoms in total. The molecule has 0 aliphatic heterocycles. The van der Waals surface area contributed by atoms with Crippen molar-refractivity contribution in [2.45, 2.75) is 33.2 Å². The molecule has 1 aromatic carbocycles. The van der Waals surface area contributed by atoms with Crippen molar-refractivity contribution in [2.24, 2.45) is 5.92 Å². The van der Waals surface area contributed by atoms with Crippen molar-refractivity contribution >= 4 is 12.0 Å². The Morgan fingerprint density at radius 1 is 1.29 bits per heavy atom. The van der Waals surface area contributed by atoms with E-state index in [-0.39, 0.29) is 11.9 Å². The van der Waals surface area contributed by atoms with Crippen LogP contribution in [0.15, 0.2) is 30.3 Å². The molecule has 1 aromatic rings. The van der Waals surface area contributed by atoms with Crippen molar-refractivity contribution in [1.29, 1.82) is 0 Å². The lowest BCUT2D eigenvalue weighted by Crippen LogP contribution is -2.39. The lowest BCUT2D eigenvalue weighted by atomic mass is 10.1. The third kappa shape index (κ3) is 6.29. The topological polar surface area (TPSA) is 69.6 Å². The third-order valence-electron chi connectivity index (χ3n) is 3.40. The van der Waals surface area contributed by atoms with Crippen molar-refractivity contribution in [3.63, 3.8) is 0 Å². The number of nitrogens with one attached hydrogen (secondary N) is 1. The maximum Gasteiger partial charge on any atom is 0.317 e. The second-order valence-electron chi connectivity index (χ2n) is 5.11. The minimum absolute atomic E-state index is 0.107. The number of carboxylic acids is 1. The molecule has 0 aliphatic rings. The predicted octanol–water partition coefficient (Wildman–Crippen LogP) is 2.72. The lowest BCUT2D eigenvalue weighted by Gasteiger charge is -2.21. The maximum atomic E-state index is 12.1. The van der Waals surface area contributed by atoms with Crippen LogP contribution in [-0.4, -0.2) is 35.1 Å². The Labute approximate surface area is 126 Å². The second kappa shape index (κ2) is 9.00. The summed E-state index contributed by atoms with van der Waals surface area (Å²) in [6, 6.07) is 9.73. The van der Waals surface area contributed by atoms with Gasteiger partial charge in [-0.3, -0.25) is 4.79 Å². The highest BCUT2D eigenvalue weighted by atomic mass is 16.4. The summed E-state index contributed by atoms with van der Waals surface area (Å²) in [4.78, 5) is 24.5. The number of hydrogen-bond acceptors (Lipinski definition) is 2. The molecule has 5 heteroatoms. The molecule has 2 N–H and O–H groups in total. The molecule has 0 heterocycles. The van der Waals surface area contributed by atoms with E-state index in [9.17, 15) is 9.59 Å². The Bertz CT molecular complexity index is 448. The molecule has 0 fully saturated rings. The smallest absolute Gasteiger partial charge is 0.317 e. The van der Waals surface area contributed by atoms with Crippen LogP contribution in [0.5, 0.6) is 0 Å². The highest BCUT2D eigenvalue weighted by molar-refractivity contribution is 5.74. The fraction of sp³-hybridized carbons (Fsp3) is 0.500. The molecule has 0 aromatic heterocycles. The number of aliphatic carboxylic acids is 1. The van der Waals surface area contributed by atoms with Gasteiger partial charge in [0.1, 0.15) is 0 Å². The molecular weight excluding hydrogens is 268 g/mol. The van der Waals surface area contributed by atoms with Gasteiger partial charge in [-0.25, -0.2) is 4.79 Å². The van der Waals surface area contributed by atoms with Gasteiger partial charge in [-0.1, -0.05) is 37.3 Å². The van der Waals surface area contributed by atoms with Crippen LogP contribution in [0.4, 0.5) is 4.79 Å². The van der Waals surface area contributed by atoms with Crippen molar-refractivity contribution in [3.05, 3.63) is 35.9 Å². The van der Waals surface area contributed by atoms with E-state index in [0.29, 0.717) is 32.5 Å². The summed E-state index contributed by atoms with van der Waals surface area (Å²) in [6.45, 7) is 5.33. The van der Waals surface area contributed by atoms with Gasteiger partial charge < -0.3 is 15.3 Å². The summed E-state index contributed by atoms with van der Waals surface area (Å²) in [6.07, 6.45) is 1.24. The van der Waals surface area contributed by atoms with Gasteiger partial charge in [-0.2, -0.15) is 0 Å². The summed E-state index contributed by atoms with van der Waals surface area (Å²) in [7, 11) is 0. The number of carbonyl (C=O) groups excluding carboxylic acids is 1. The SMILES string of the molecule is CCN(Cc1ccccc1)C(=O)NCCCC(C)C(=O)O. The molecule has 1 atom stereocenters. The lowest BCUT2D eigenvalue weighted by molar-refractivity contribution is -0.141. The largest absolute Gasteiger partial charge is 0.481 e. The summed E-state index contributed by atoms with van der Waals surface area (Å²) in [5.74, 6) is -1.16. The van der Waals surface area contributed by atoms with Crippen LogP contribution in [0, 0.1) is 5.92 Å². The Hall–Kier alpha value is -2.04. The number of carboxylic acid groups (broad SMARTS) is 1. The van der Waals surface area contributed by atoms with Crippen LogP contribution in [0.1, 0.15) is 32.3 Å². The number of hydrogen-bond donors (Lipinski definition) is 2. The summed E-state index contributed by atoms with van der Waals surface area (Å²) in [5.41, 5.74) is 1.09. The van der Waals surface area contributed by atoms with E-state index in [4.69, 9.17) is 5.11 Å². The molecule has 0 aliphatic carbocycles. The van der Waals surface area contributed by atoms with Gasteiger partial charge in [0.25, 0.3) is 0 Å². The normalized spacial score (nSPS) is 11.7. The minimum atomic E-state index is -0.791. The van der Waals surface area contributed by atoms with Gasteiger partial charge in [0.15, 0.2) is 0 Å². The average molecular weight is 292 g/mol. The van der Waals surface area contributed by atoms with E-state index in [0.717, 1.165) is 5.56 Å². The molecular formula is C16H24N2O3. The molecule has 1 unspecified atom stereocenters. The van der Waals surface area contributed by atoms with Gasteiger partial charge in [-0.05, 0) is 25.3 Å². The maximum absolute atomic E-state index is 12.1. The van der Waals surface area contributed by atoms with Crippen LogP contribution in [0.2, 0.25) is 0 Å². The van der Waals surface area contributed by atoms with E-state index in [2.05, 4.69) is 5.32 Å². The zero-order valence-corrected chi connectivity index (χ0v) is 12.7. The predicted molar refractivity (Wildman–Crippen MR) is 82.0 cm³/mol. The number of rotatable bonds is 8. The summed E-state index contributed by atoms with van der Waals surface area (Å²) in [5, 5.41) is 11.6. The van der Waals surface area contributed by atoms with Crippen molar-refractivity contribution in [1.82, 2.24) is 10.2 Å². The highest BCUT2D eigenvalue weighted by Crippen LogP contribution is 2.06. The first kappa shape index (κ1) is 17.0. The Balaban J connectivity index is 2.33. The molecule has 0 bridgehead atoms. The van der Waals surface area contributed by atoms with Crippen molar-refractivity contribution in [2.75, 3.05) is 13.1 Å². The van der Waals surface area contributed by atoms with Gasteiger partial charge in [0, 0.05) is 19.6 Å². The molecule has 21 heavy (non-hydrogen) atoms. The molecule has 0 saturated carbocycles. The van der Waals surface area contributed by atoms with E-state index >= 15 is 0 Å². The van der Waals surface area contributed by atoms with Gasteiger partial charge in [-0.15, -0.1) is 0 Å². The number of amides is 2. The monoisotopic (exact) mass is 292 g/mol. The number of benzene rings is 1. The van der Waals surface area contributed by atoms with E-state index in [1.807, 2.05) is 37.3 Å². The van der Waals surface area contributed by atoms with Crippen molar-refractivity contribution in [3.8, 4) is 0 Å². The minimum Gasteiger partial charge on any atom is -0.481 e. The first-order valence-corrected chi connectivity index (χ1v) is 7.34. The van der Waals surface area contributed by atoms with Crippen LogP contribution >= 0.6 is 0 Å². The highest BCUT2D eigenvalue weighted by Gasteiger charge is 2.13. The standard InChI is InChI=1S/C16H24N2O3/c1-3-18(12-14-9-5-4-6-10-14)16(21)17-11-7-8-13(2)15(19)20/h4-6,9-10,13H,3,7-8,11-12H2,1-2H3,(H,17,21)(H,19,20). The van der Waals surface area contributed by atoms with Crippen LogP contribution in [-0.2, 0) is 11.3 Å². The van der Waals surface area contributed by atoms with Crippen LogP contribution < -0.4 is 5.32 Å². The number of nitrogens with zero attached hydrogens (tertiary/aromatic N) is 1.